The van der Waals surface area contributed by atoms with Crippen LogP contribution < -0.4 is 5.32 Å². The van der Waals surface area contributed by atoms with E-state index in [0.29, 0.717) is 12.6 Å². The van der Waals surface area contributed by atoms with Crippen molar-refractivity contribution in [3.05, 3.63) is 12.2 Å². The maximum atomic E-state index is 4.95. The van der Waals surface area contributed by atoms with Crippen molar-refractivity contribution >= 4 is 0 Å². The van der Waals surface area contributed by atoms with Crippen LogP contribution in [-0.2, 0) is 4.74 Å². The second-order valence-electron chi connectivity index (χ2n) is 2.34. The summed E-state index contributed by atoms with van der Waals surface area (Å²) in [5.74, 6) is 0. The highest BCUT2D eigenvalue weighted by Crippen LogP contribution is 2.02. The molecule has 1 unspecified atom stereocenters. The van der Waals surface area contributed by atoms with Gasteiger partial charge in [0.1, 0.15) is 0 Å². The molecule has 0 heterocycles. The van der Waals surface area contributed by atoms with Crippen LogP contribution in [0.5, 0.6) is 0 Å². The molecule has 60 valence electrons. The van der Waals surface area contributed by atoms with Crippen LogP contribution in [0.15, 0.2) is 12.2 Å². The van der Waals surface area contributed by atoms with Crippen LogP contribution in [-0.4, -0.2) is 26.8 Å². The Labute approximate surface area is 63.3 Å². The topological polar surface area (TPSA) is 21.3 Å². The summed E-state index contributed by atoms with van der Waals surface area (Å²) in [5, 5.41) is 3.16. The van der Waals surface area contributed by atoms with E-state index in [9.17, 15) is 0 Å². The van der Waals surface area contributed by atoms with E-state index in [4.69, 9.17) is 4.74 Å². The molecule has 0 saturated heterocycles. The van der Waals surface area contributed by atoms with E-state index in [2.05, 4.69) is 18.8 Å². The minimum Gasteiger partial charge on any atom is -0.380 e. The van der Waals surface area contributed by atoms with Crippen molar-refractivity contribution in [3.8, 4) is 0 Å². The van der Waals surface area contributed by atoms with Gasteiger partial charge in [0.25, 0.3) is 0 Å². The highest BCUT2D eigenvalue weighted by atomic mass is 16.5. The van der Waals surface area contributed by atoms with Crippen molar-refractivity contribution in [2.24, 2.45) is 0 Å². The van der Waals surface area contributed by atoms with Crippen molar-refractivity contribution < 1.29 is 4.74 Å². The lowest BCUT2D eigenvalue weighted by Gasteiger charge is -2.15. The molecule has 1 N–H and O–H groups in total. The minimum atomic E-state index is 0.403. The molecular formula is C8H17NO. The number of likely N-dealkylation sites (N-methyl/N-ethyl adjacent to an activating group) is 1. The van der Waals surface area contributed by atoms with Crippen LogP contribution in [0.1, 0.15) is 13.3 Å². The monoisotopic (exact) mass is 143 g/mol. The molecule has 0 saturated carbocycles. The molecule has 0 aromatic carbocycles. The highest BCUT2D eigenvalue weighted by Gasteiger charge is 2.05. The van der Waals surface area contributed by atoms with Crippen molar-refractivity contribution in [2.75, 3.05) is 20.8 Å². The molecule has 0 fully saturated rings. The zero-order valence-corrected chi connectivity index (χ0v) is 7.11. The number of hydrogen-bond donors (Lipinski definition) is 1. The normalized spacial score (nSPS) is 13.1. The van der Waals surface area contributed by atoms with Gasteiger partial charge in [-0.3, -0.25) is 0 Å². The Hall–Kier alpha value is -0.340. The van der Waals surface area contributed by atoms with Crippen LogP contribution in [0.2, 0.25) is 0 Å². The molecule has 2 heteroatoms. The van der Waals surface area contributed by atoms with Gasteiger partial charge in [0, 0.05) is 13.2 Å². The van der Waals surface area contributed by atoms with Gasteiger partial charge in [0.15, 0.2) is 0 Å². The maximum absolute atomic E-state index is 4.95. The highest BCUT2D eigenvalue weighted by molar-refractivity contribution is 5.04. The first-order valence-corrected chi connectivity index (χ1v) is 3.60. The molecule has 0 aliphatic heterocycles. The lowest BCUT2D eigenvalue weighted by Crippen LogP contribution is -2.27. The van der Waals surface area contributed by atoms with Gasteiger partial charge in [0.2, 0.25) is 0 Å². The van der Waals surface area contributed by atoms with E-state index >= 15 is 0 Å². The third-order valence-electron chi connectivity index (χ3n) is 1.58. The van der Waals surface area contributed by atoms with Gasteiger partial charge in [-0.2, -0.15) is 0 Å². The summed E-state index contributed by atoms with van der Waals surface area (Å²) in [6, 6.07) is 0.403. The lowest BCUT2D eigenvalue weighted by atomic mass is 10.1. The maximum Gasteiger partial charge on any atom is 0.0685 e. The quantitative estimate of drug-likeness (QED) is 0.584. The fraction of sp³-hybridized carbons (Fsp3) is 0.750. The van der Waals surface area contributed by atoms with Crippen molar-refractivity contribution in [1.82, 2.24) is 5.32 Å². The van der Waals surface area contributed by atoms with Crippen molar-refractivity contribution in [3.63, 3.8) is 0 Å². The predicted molar refractivity (Wildman–Crippen MR) is 44.2 cm³/mol. The Morgan fingerprint density at radius 2 is 2.30 bits per heavy atom. The van der Waals surface area contributed by atoms with Crippen LogP contribution >= 0.6 is 0 Å². The zero-order valence-electron chi connectivity index (χ0n) is 7.11. The molecule has 0 aliphatic rings. The molecule has 0 aliphatic carbocycles. The first-order valence-electron chi connectivity index (χ1n) is 3.60. The average molecular weight is 143 g/mol. The minimum absolute atomic E-state index is 0.403. The Bertz CT molecular complexity index is 97.4. The van der Waals surface area contributed by atoms with Crippen LogP contribution in [0.25, 0.3) is 0 Å². The summed E-state index contributed by atoms with van der Waals surface area (Å²) in [6.45, 7) is 6.68. The molecule has 0 rings (SSSR count). The first-order chi connectivity index (χ1) is 4.76. The predicted octanol–water partition coefficient (Wildman–Crippen LogP) is 1.19. The van der Waals surface area contributed by atoms with Crippen LogP contribution in [0.4, 0.5) is 0 Å². The molecular weight excluding hydrogens is 126 g/mol. The second kappa shape index (κ2) is 5.45. The summed E-state index contributed by atoms with van der Waals surface area (Å²) >= 11 is 0. The summed E-state index contributed by atoms with van der Waals surface area (Å²) in [4.78, 5) is 0. The fourth-order valence-electron chi connectivity index (χ4n) is 0.983. The summed E-state index contributed by atoms with van der Waals surface area (Å²) in [6.07, 6.45) is 1.07. The standard InChI is InChI=1S/C8H17NO/c1-5-8(9-3)7(2)6-10-4/h8-9H,2,5-6H2,1,3-4H3. The summed E-state index contributed by atoms with van der Waals surface area (Å²) in [5.41, 5.74) is 1.12. The van der Waals surface area contributed by atoms with E-state index in [1.54, 1.807) is 7.11 Å². The third-order valence-corrected chi connectivity index (χ3v) is 1.58. The SMILES string of the molecule is C=C(COC)C(CC)NC. The molecule has 2 nitrogen and oxygen atoms in total. The number of nitrogens with one attached hydrogen (secondary N) is 1. The Kier molecular flexibility index (Phi) is 5.26. The van der Waals surface area contributed by atoms with E-state index in [0.717, 1.165) is 12.0 Å². The molecule has 1 atom stereocenters. The summed E-state index contributed by atoms with van der Waals surface area (Å²) < 4.78 is 4.95. The van der Waals surface area contributed by atoms with E-state index in [-0.39, 0.29) is 0 Å². The van der Waals surface area contributed by atoms with Crippen LogP contribution in [0, 0.1) is 0 Å². The first kappa shape index (κ1) is 9.66. The molecule has 0 radical (unpaired) electrons. The number of methoxy groups -OCH3 is 1. The Balaban J connectivity index is 3.65. The van der Waals surface area contributed by atoms with Crippen molar-refractivity contribution in [2.45, 2.75) is 19.4 Å². The Morgan fingerprint density at radius 1 is 1.70 bits per heavy atom. The van der Waals surface area contributed by atoms with Gasteiger partial charge in [-0.25, -0.2) is 0 Å². The van der Waals surface area contributed by atoms with E-state index in [1.165, 1.54) is 0 Å². The van der Waals surface area contributed by atoms with Gasteiger partial charge >= 0.3 is 0 Å². The second-order valence-corrected chi connectivity index (χ2v) is 2.34. The van der Waals surface area contributed by atoms with E-state index in [1.807, 2.05) is 7.05 Å². The third kappa shape index (κ3) is 2.99. The molecule has 0 spiro atoms. The summed E-state index contributed by atoms with van der Waals surface area (Å²) in [7, 11) is 3.63. The van der Waals surface area contributed by atoms with Gasteiger partial charge in [-0.1, -0.05) is 13.5 Å². The fourth-order valence-corrected chi connectivity index (χ4v) is 0.983. The zero-order chi connectivity index (χ0) is 7.98. The average Bonchev–Trinajstić information content (AvgIpc) is 1.91. The van der Waals surface area contributed by atoms with Gasteiger partial charge < -0.3 is 10.1 Å². The number of rotatable bonds is 5. The van der Waals surface area contributed by atoms with Crippen LogP contribution in [0.3, 0.4) is 0 Å². The lowest BCUT2D eigenvalue weighted by molar-refractivity contribution is 0.219. The largest absolute Gasteiger partial charge is 0.380 e. The molecule has 0 amide bonds. The van der Waals surface area contributed by atoms with Gasteiger partial charge in [-0.15, -0.1) is 0 Å². The van der Waals surface area contributed by atoms with Gasteiger partial charge in [0.05, 0.1) is 6.61 Å². The number of ether oxygens (including phenoxy) is 1. The van der Waals surface area contributed by atoms with E-state index < -0.39 is 0 Å². The molecule has 0 aromatic heterocycles. The van der Waals surface area contributed by atoms with Gasteiger partial charge in [-0.05, 0) is 19.0 Å². The smallest absolute Gasteiger partial charge is 0.0685 e. The number of hydrogen-bond acceptors (Lipinski definition) is 2. The molecule has 10 heavy (non-hydrogen) atoms. The Morgan fingerprint density at radius 3 is 2.60 bits per heavy atom. The molecule has 0 aromatic rings. The molecule has 0 bridgehead atoms. The van der Waals surface area contributed by atoms with Crippen molar-refractivity contribution in [1.29, 1.82) is 0 Å².